The van der Waals surface area contributed by atoms with E-state index < -0.39 is 12.3 Å². The van der Waals surface area contributed by atoms with Crippen molar-refractivity contribution in [2.24, 2.45) is 0 Å². The average Bonchev–Trinajstić information content (AvgIpc) is 2.39. The maximum atomic E-state index is 10.3. The predicted molar refractivity (Wildman–Crippen MR) is 64.8 cm³/mol. The quantitative estimate of drug-likeness (QED) is 0.819. The third-order valence-electron chi connectivity index (χ3n) is 2.15. The topological polar surface area (TPSA) is 119 Å². The second-order valence-corrected chi connectivity index (χ2v) is 3.49. The molecule has 8 nitrogen and oxygen atoms in total. The van der Waals surface area contributed by atoms with Gasteiger partial charge in [-0.3, -0.25) is 9.97 Å². The van der Waals surface area contributed by atoms with Crippen LogP contribution in [0.3, 0.4) is 0 Å². The first-order valence-corrected chi connectivity index (χ1v) is 5.28. The Balaban J connectivity index is 2.15. The van der Waals surface area contributed by atoms with Crippen LogP contribution in [0.15, 0.2) is 36.7 Å². The van der Waals surface area contributed by atoms with Crippen LogP contribution in [-0.2, 0) is 0 Å². The van der Waals surface area contributed by atoms with Crippen LogP contribution < -0.4 is 9.47 Å². The number of carbonyl (C=O) groups is 2. The molecule has 0 aromatic carbocycles. The number of ether oxygens (including phenoxy) is 2. The molecule has 0 aliphatic rings. The molecule has 0 saturated carbocycles. The van der Waals surface area contributed by atoms with Gasteiger partial charge in [-0.05, 0) is 24.3 Å². The minimum Gasteiger partial charge on any atom is -0.449 e. The van der Waals surface area contributed by atoms with Gasteiger partial charge in [-0.15, -0.1) is 0 Å². The Labute approximate surface area is 112 Å². The van der Waals surface area contributed by atoms with Crippen LogP contribution in [0.4, 0.5) is 9.59 Å². The standard InChI is InChI=1S/C12H8N2O6/c15-11(16)19-7-1-3-9(13-5-7)10-4-2-8(6-14-10)20-12(17)18/h1-6H,(H,15,16)(H,17,18). The lowest BCUT2D eigenvalue weighted by molar-refractivity contribution is 0.143. The molecular formula is C12H8N2O6. The second kappa shape index (κ2) is 5.65. The number of hydrogen-bond acceptors (Lipinski definition) is 6. The van der Waals surface area contributed by atoms with Crippen molar-refractivity contribution in [3.05, 3.63) is 36.7 Å². The molecule has 2 rings (SSSR count). The van der Waals surface area contributed by atoms with E-state index in [4.69, 9.17) is 10.2 Å². The third-order valence-corrected chi connectivity index (χ3v) is 2.15. The van der Waals surface area contributed by atoms with Crippen molar-refractivity contribution in [3.8, 4) is 22.9 Å². The third kappa shape index (κ3) is 3.42. The van der Waals surface area contributed by atoms with Gasteiger partial charge in [0.05, 0.1) is 23.8 Å². The highest BCUT2D eigenvalue weighted by molar-refractivity contribution is 5.63. The lowest BCUT2D eigenvalue weighted by atomic mass is 10.2. The van der Waals surface area contributed by atoms with E-state index in [0.717, 1.165) is 0 Å². The van der Waals surface area contributed by atoms with E-state index in [-0.39, 0.29) is 11.5 Å². The predicted octanol–water partition coefficient (Wildman–Crippen LogP) is 2.26. The summed E-state index contributed by atoms with van der Waals surface area (Å²) in [6.45, 7) is 0. The minimum atomic E-state index is -1.42. The molecule has 2 N–H and O–H groups in total. The summed E-state index contributed by atoms with van der Waals surface area (Å²) in [4.78, 5) is 28.6. The van der Waals surface area contributed by atoms with Crippen molar-refractivity contribution in [2.45, 2.75) is 0 Å². The molecule has 0 amide bonds. The zero-order chi connectivity index (χ0) is 14.5. The molecule has 2 aromatic rings. The highest BCUT2D eigenvalue weighted by Gasteiger charge is 2.06. The molecule has 0 bridgehead atoms. The Kier molecular flexibility index (Phi) is 3.75. The second-order valence-electron chi connectivity index (χ2n) is 3.49. The van der Waals surface area contributed by atoms with Gasteiger partial charge in [-0.25, -0.2) is 9.59 Å². The van der Waals surface area contributed by atoms with Crippen LogP contribution in [0.1, 0.15) is 0 Å². The van der Waals surface area contributed by atoms with Crippen LogP contribution in [0.5, 0.6) is 11.5 Å². The van der Waals surface area contributed by atoms with E-state index in [9.17, 15) is 9.59 Å². The van der Waals surface area contributed by atoms with Crippen LogP contribution in [-0.4, -0.2) is 32.5 Å². The summed E-state index contributed by atoms with van der Waals surface area (Å²) >= 11 is 0. The van der Waals surface area contributed by atoms with Gasteiger partial charge >= 0.3 is 12.3 Å². The highest BCUT2D eigenvalue weighted by Crippen LogP contribution is 2.19. The number of hydrogen-bond donors (Lipinski definition) is 2. The summed E-state index contributed by atoms with van der Waals surface area (Å²) in [5.74, 6) is 0.180. The molecule has 2 aromatic heterocycles. The molecule has 0 atom stereocenters. The number of carboxylic acid groups (broad SMARTS) is 2. The van der Waals surface area contributed by atoms with Crippen LogP contribution in [0.2, 0.25) is 0 Å². The van der Waals surface area contributed by atoms with Crippen molar-refractivity contribution in [1.29, 1.82) is 0 Å². The smallest absolute Gasteiger partial charge is 0.449 e. The van der Waals surface area contributed by atoms with Crippen molar-refractivity contribution in [3.63, 3.8) is 0 Å². The Morgan fingerprint density at radius 1 is 0.800 bits per heavy atom. The normalized spacial score (nSPS) is 9.80. The van der Waals surface area contributed by atoms with Crippen molar-refractivity contribution in [2.75, 3.05) is 0 Å². The molecule has 0 unspecified atom stereocenters. The van der Waals surface area contributed by atoms with Gasteiger partial charge < -0.3 is 19.7 Å². The molecular weight excluding hydrogens is 268 g/mol. The van der Waals surface area contributed by atoms with E-state index in [1.165, 1.54) is 36.7 Å². The number of nitrogens with zero attached hydrogens (tertiary/aromatic N) is 2. The molecule has 0 radical (unpaired) electrons. The summed E-state index contributed by atoms with van der Waals surface area (Å²) in [5.41, 5.74) is 0.953. The number of pyridine rings is 2. The van der Waals surface area contributed by atoms with Crippen molar-refractivity contribution >= 4 is 12.3 Å². The fourth-order valence-corrected chi connectivity index (χ4v) is 1.39. The summed E-state index contributed by atoms with van der Waals surface area (Å²) in [6.07, 6.45) is -0.361. The summed E-state index contributed by atoms with van der Waals surface area (Å²) in [7, 11) is 0. The number of rotatable bonds is 3. The Morgan fingerprint density at radius 3 is 1.45 bits per heavy atom. The first-order chi connectivity index (χ1) is 9.54. The lowest BCUT2D eigenvalue weighted by Crippen LogP contribution is -2.03. The zero-order valence-electron chi connectivity index (χ0n) is 9.89. The Bertz CT molecular complexity index is 566. The molecule has 102 valence electrons. The summed E-state index contributed by atoms with van der Waals surface area (Å²) in [5, 5.41) is 16.9. The fraction of sp³-hybridized carbons (Fsp3) is 0. The Hall–Kier alpha value is -3.16. The van der Waals surface area contributed by atoms with E-state index in [1.807, 2.05) is 0 Å². The van der Waals surface area contributed by atoms with E-state index in [1.54, 1.807) is 0 Å². The van der Waals surface area contributed by atoms with Crippen LogP contribution in [0.25, 0.3) is 11.4 Å². The van der Waals surface area contributed by atoms with Gasteiger partial charge in [0.2, 0.25) is 0 Å². The summed E-state index contributed by atoms with van der Waals surface area (Å²) < 4.78 is 8.83. The molecule has 0 aliphatic heterocycles. The molecule has 0 saturated heterocycles. The van der Waals surface area contributed by atoms with E-state index in [2.05, 4.69) is 19.4 Å². The zero-order valence-corrected chi connectivity index (χ0v) is 9.89. The van der Waals surface area contributed by atoms with Crippen molar-refractivity contribution < 1.29 is 29.3 Å². The number of aromatic nitrogens is 2. The first kappa shape index (κ1) is 13.3. The van der Waals surface area contributed by atoms with Gasteiger partial charge in [0.15, 0.2) is 11.5 Å². The molecule has 20 heavy (non-hydrogen) atoms. The Morgan fingerprint density at radius 2 is 1.20 bits per heavy atom. The van der Waals surface area contributed by atoms with Crippen molar-refractivity contribution in [1.82, 2.24) is 9.97 Å². The molecule has 0 fully saturated rings. The molecule has 2 heterocycles. The molecule has 8 heteroatoms. The highest BCUT2D eigenvalue weighted by atomic mass is 16.7. The SMILES string of the molecule is O=C(O)Oc1ccc(-c2ccc(OC(=O)O)cn2)nc1. The van der Waals surface area contributed by atoms with Gasteiger partial charge in [-0.1, -0.05) is 0 Å². The van der Waals surface area contributed by atoms with Gasteiger partial charge in [0, 0.05) is 0 Å². The molecule has 0 spiro atoms. The van der Waals surface area contributed by atoms with Gasteiger partial charge in [-0.2, -0.15) is 0 Å². The summed E-state index contributed by atoms with van der Waals surface area (Å²) in [6, 6.07) is 5.91. The van der Waals surface area contributed by atoms with E-state index in [0.29, 0.717) is 11.4 Å². The molecule has 0 aliphatic carbocycles. The maximum absolute atomic E-state index is 10.3. The van der Waals surface area contributed by atoms with Gasteiger partial charge in [0.1, 0.15) is 0 Å². The fourth-order valence-electron chi connectivity index (χ4n) is 1.39. The maximum Gasteiger partial charge on any atom is 0.511 e. The van der Waals surface area contributed by atoms with Gasteiger partial charge in [0.25, 0.3) is 0 Å². The minimum absolute atomic E-state index is 0.0899. The lowest BCUT2D eigenvalue weighted by Gasteiger charge is -2.03. The average molecular weight is 276 g/mol. The van der Waals surface area contributed by atoms with Crippen LogP contribution in [0, 0.1) is 0 Å². The largest absolute Gasteiger partial charge is 0.511 e. The van der Waals surface area contributed by atoms with E-state index >= 15 is 0 Å². The monoisotopic (exact) mass is 276 g/mol. The van der Waals surface area contributed by atoms with Crippen LogP contribution >= 0.6 is 0 Å². The first-order valence-electron chi connectivity index (χ1n) is 5.28.